The average molecular weight is 252 g/mol. The molecule has 1 N–H and O–H groups in total. The van der Waals surface area contributed by atoms with E-state index in [0.29, 0.717) is 6.04 Å². The van der Waals surface area contributed by atoms with Crippen LogP contribution in [-0.4, -0.2) is 30.1 Å². The Hall–Kier alpha value is -1.54. The van der Waals surface area contributed by atoms with Gasteiger partial charge in [-0.25, -0.2) is 0 Å². The SMILES string of the molecule is c1ccc2c(NC3CCN(C4CC4)C3)cccc2c1. The van der Waals surface area contributed by atoms with Gasteiger partial charge >= 0.3 is 0 Å². The summed E-state index contributed by atoms with van der Waals surface area (Å²) < 4.78 is 0. The fourth-order valence-corrected chi connectivity index (χ4v) is 3.25. The van der Waals surface area contributed by atoms with Crippen LogP contribution in [0.15, 0.2) is 42.5 Å². The molecule has 1 atom stereocenters. The molecular weight excluding hydrogens is 232 g/mol. The van der Waals surface area contributed by atoms with Crippen LogP contribution in [0.5, 0.6) is 0 Å². The highest BCUT2D eigenvalue weighted by Crippen LogP contribution is 2.31. The molecule has 1 aliphatic heterocycles. The van der Waals surface area contributed by atoms with Gasteiger partial charge in [0, 0.05) is 36.2 Å². The van der Waals surface area contributed by atoms with Crippen LogP contribution in [0.1, 0.15) is 19.3 Å². The summed E-state index contributed by atoms with van der Waals surface area (Å²) in [6.45, 7) is 2.49. The fourth-order valence-electron chi connectivity index (χ4n) is 3.25. The maximum Gasteiger partial charge on any atom is 0.0422 e. The van der Waals surface area contributed by atoms with E-state index in [-0.39, 0.29) is 0 Å². The summed E-state index contributed by atoms with van der Waals surface area (Å²) in [5, 5.41) is 6.42. The molecule has 0 bridgehead atoms. The zero-order valence-corrected chi connectivity index (χ0v) is 11.2. The molecule has 1 unspecified atom stereocenters. The monoisotopic (exact) mass is 252 g/mol. The summed E-state index contributed by atoms with van der Waals surface area (Å²) in [4.78, 5) is 2.66. The number of rotatable bonds is 3. The predicted octanol–water partition coefficient (Wildman–Crippen LogP) is 3.49. The predicted molar refractivity (Wildman–Crippen MR) is 80.6 cm³/mol. The number of hydrogen-bond donors (Lipinski definition) is 1. The second-order valence-corrected chi connectivity index (χ2v) is 5.88. The van der Waals surface area contributed by atoms with Gasteiger partial charge in [-0.1, -0.05) is 36.4 Å². The van der Waals surface area contributed by atoms with E-state index in [1.807, 2.05) is 0 Å². The Morgan fingerprint density at radius 1 is 0.947 bits per heavy atom. The van der Waals surface area contributed by atoms with Crippen molar-refractivity contribution in [1.29, 1.82) is 0 Å². The van der Waals surface area contributed by atoms with Crippen molar-refractivity contribution in [1.82, 2.24) is 4.90 Å². The number of anilines is 1. The largest absolute Gasteiger partial charge is 0.380 e. The Labute approximate surface area is 114 Å². The molecule has 0 amide bonds. The second-order valence-electron chi connectivity index (χ2n) is 5.88. The van der Waals surface area contributed by atoms with Crippen molar-refractivity contribution < 1.29 is 0 Å². The molecule has 0 radical (unpaired) electrons. The number of nitrogens with zero attached hydrogens (tertiary/aromatic N) is 1. The van der Waals surface area contributed by atoms with Gasteiger partial charge in [0.05, 0.1) is 0 Å². The molecule has 1 saturated carbocycles. The highest BCUT2D eigenvalue weighted by Gasteiger charge is 2.34. The van der Waals surface area contributed by atoms with E-state index >= 15 is 0 Å². The first-order valence-corrected chi connectivity index (χ1v) is 7.38. The zero-order chi connectivity index (χ0) is 12.7. The molecule has 2 aromatic rings. The van der Waals surface area contributed by atoms with Gasteiger partial charge in [0.15, 0.2) is 0 Å². The van der Waals surface area contributed by atoms with Gasteiger partial charge in [0.25, 0.3) is 0 Å². The molecule has 1 heterocycles. The zero-order valence-electron chi connectivity index (χ0n) is 11.2. The van der Waals surface area contributed by atoms with Crippen LogP contribution < -0.4 is 5.32 Å². The standard InChI is InChI=1S/C17H20N2/c1-2-6-16-13(4-1)5-3-7-17(16)18-14-10-11-19(12-14)15-8-9-15/h1-7,14-15,18H,8-12H2. The summed E-state index contributed by atoms with van der Waals surface area (Å²) in [5.74, 6) is 0. The van der Waals surface area contributed by atoms with Crippen LogP contribution in [0, 0.1) is 0 Å². The third-order valence-electron chi connectivity index (χ3n) is 4.43. The molecule has 0 spiro atoms. The number of likely N-dealkylation sites (tertiary alicyclic amines) is 1. The number of hydrogen-bond acceptors (Lipinski definition) is 2. The van der Waals surface area contributed by atoms with Crippen LogP contribution in [-0.2, 0) is 0 Å². The van der Waals surface area contributed by atoms with E-state index < -0.39 is 0 Å². The van der Waals surface area contributed by atoms with Gasteiger partial charge in [0.1, 0.15) is 0 Å². The summed E-state index contributed by atoms with van der Waals surface area (Å²) in [6.07, 6.45) is 4.11. The highest BCUT2D eigenvalue weighted by atomic mass is 15.2. The molecule has 2 aromatic carbocycles. The fraction of sp³-hybridized carbons (Fsp3) is 0.412. The lowest BCUT2D eigenvalue weighted by molar-refractivity contribution is 0.326. The minimum Gasteiger partial charge on any atom is -0.380 e. The molecular formula is C17H20N2. The van der Waals surface area contributed by atoms with Crippen LogP contribution in [0.4, 0.5) is 5.69 Å². The highest BCUT2D eigenvalue weighted by molar-refractivity contribution is 5.93. The minimum atomic E-state index is 0.617. The van der Waals surface area contributed by atoms with E-state index in [4.69, 9.17) is 0 Å². The lowest BCUT2D eigenvalue weighted by atomic mass is 10.1. The maximum atomic E-state index is 3.75. The molecule has 1 saturated heterocycles. The summed E-state index contributed by atoms with van der Waals surface area (Å²) >= 11 is 0. The van der Waals surface area contributed by atoms with E-state index in [9.17, 15) is 0 Å². The lowest BCUT2D eigenvalue weighted by Gasteiger charge is -2.17. The number of fused-ring (bicyclic) bond motifs is 1. The van der Waals surface area contributed by atoms with E-state index in [1.165, 1.54) is 48.8 Å². The Kier molecular flexibility index (Phi) is 2.70. The van der Waals surface area contributed by atoms with Crippen LogP contribution in [0.3, 0.4) is 0 Å². The molecule has 2 heteroatoms. The van der Waals surface area contributed by atoms with E-state index in [2.05, 4.69) is 52.7 Å². The van der Waals surface area contributed by atoms with E-state index in [0.717, 1.165) is 6.04 Å². The Morgan fingerprint density at radius 2 is 1.79 bits per heavy atom. The van der Waals surface area contributed by atoms with Crippen molar-refractivity contribution in [2.45, 2.75) is 31.3 Å². The maximum absolute atomic E-state index is 3.75. The molecule has 2 aliphatic rings. The molecule has 2 nitrogen and oxygen atoms in total. The number of nitrogens with one attached hydrogen (secondary N) is 1. The van der Waals surface area contributed by atoms with Gasteiger partial charge in [0.2, 0.25) is 0 Å². The topological polar surface area (TPSA) is 15.3 Å². The molecule has 19 heavy (non-hydrogen) atoms. The van der Waals surface area contributed by atoms with Crippen LogP contribution in [0.25, 0.3) is 10.8 Å². The second kappa shape index (κ2) is 4.53. The first-order valence-electron chi connectivity index (χ1n) is 7.38. The summed E-state index contributed by atoms with van der Waals surface area (Å²) in [7, 11) is 0. The van der Waals surface area contributed by atoms with Gasteiger partial charge in [-0.3, -0.25) is 4.90 Å². The van der Waals surface area contributed by atoms with Crippen molar-refractivity contribution >= 4 is 16.5 Å². The third-order valence-corrected chi connectivity index (χ3v) is 4.43. The average Bonchev–Trinajstić information content (AvgIpc) is 3.20. The van der Waals surface area contributed by atoms with Crippen molar-refractivity contribution in [2.75, 3.05) is 18.4 Å². The van der Waals surface area contributed by atoms with Crippen molar-refractivity contribution in [3.8, 4) is 0 Å². The van der Waals surface area contributed by atoms with E-state index in [1.54, 1.807) is 0 Å². The Bertz CT molecular complexity index is 583. The van der Waals surface area contributed by atoms with Crippen molar-refractivity contribution in [3.63, 3.8) is 0 Å². The molecule has 98 valence electrons. The molecule has 4 rings (SSSR count). The molecule has 0 aromatic heterocycles. The third kappa shape index (κ3) is 2.21. The van der Waals surface area contributed by atoms with Crippen molar-refractivity contribution in [2.24, 2.45) is 0 Å². The van der Waals surface area contributed by atoms with Gasteiger partial charge in [-0.05, 0) is 30.7 Å². The normalized spacial score (nSPS) is 23.9. The molecule has 1 aliphatic carbocycles. The van der Waals surface area contributed by atoms with Gasteiger partial charge < -0.3 is 5.32 Å². The Balaban J connectivity index is 1.55. The van der Waals surface area contributed by atoms with Crippen molar-refractivity contribution in [3.05, 3.63) is 42.5 Å². The first-order chi connectivity index (χ1) is 9.40. The quantitative estimate of drug-likeness (QED) is 0.899. The number of benzene rings is 2. The minimum absolute atomic E-state index is 0.617. The summed E-state index contributed by atoms with van der Waals surface area (Å²) in [6, 6.07) is 16.7. The smallest absolute Gasteiger partial charge is 0.0422 e. The summed E-state index contributed by atoms with van der Waals surface area (Å²) in [5.41, 5.74) is 1.29. The first kappa shape index (κ1) is 11.3. The van der Waals surface area contributed by atoms with Crippen LogP contribution >= 0.6 is 0 Å². The Morgan fingerprint density at radius 3 is 2.68 bits per heavy atom. The van der Waals surface area contributed by atoms with Gasteiger partial charge in [-0.2, -0.15) is 0 Å². The molecule has 2 fully saturated rings. The van der Waals surface area contributed by atoms with Gasteiger partial charge in [-0.15, -0.1) is 0 Å². The van der Waals surface area contributed by atoms with Crippen LogP contribution in [0.2, 0.25) is 0 Å². The lowest BCUT2D eigenvalue weighted by Crippen LogP contribution is -2.27.